The molecule has 2 aromatic heterocycles. The minimum absolute atomic E-state index is 0.00867. The van der Waals surface area contributed by atoms with E-state index in [1.807, 2.05) is 0 Å². The highest BCUT2D eigenvalue weighted by Crippen LogP contribution is 2.29. The second kappa shape index (κ2) is 9.49. The molecule has 1 saturated heterocycles. The van der Waals surface area contributed by atoms with Gasteiger partial charge in [0, 0.05) is 37.3 Å². The molecular weight excluding hydrogens is 444 g/mol. The molecule has 11 heteroatoms. The molecule has 0 atom stereocenters. The fourth-order valence-electron chi connectivity index (χ4n) is 3.79. The van der Waals surface area contributed by atoms with Gasteiger partial charge in [-0.3, -0.25) is 23.7 Å². The van der Waals surface area contributed by atoms with E-state index in [4.69, 9.17) is 0 Å². The summed E-state index contributed by atoms with van der Waals surface area (Å²) in [6, 6.07) is 6.62. The Balaban J connectivity index is 1.47. The summed E-state index contributed by atoms with van der Waals surface area (Å²) >= 11 is 1.25. The molecule has 3 aromatic rings. The van der Waals surface area contributed by atoms with Crippen molar-refractivity contribution in [2.75, 3.05) is 30.4 Å². The average molecular weight is 469 g/mol. The number of nitrogens with zero attached hydrogens (tertiary/aromatic N) is 4. The predicted molar refractivity (Wildman–Crippen MR) is 126 cm³/mol. The normalized spacial score (nSPS) is 14.3. The quantitative estimate of drug-likeness (QED) is 0.527. The van der Waals surface area contributed by atoms with E-state index in [-0.39, 0.29) is 29.7 Å². The molecule has 33 heavy (non-hydrogen) atoms. The van der Waals surface area contributed by atoms with E-state index in [2.05, 4.69) is 25.5 Å². The van der Waals surface area contributed by atoms with Crippen LogP contribution in [0, 0.1) is 5.92 Å². The SMILES string of the molecule is CNC(=O)C1CCN(c2nc3ncn(CC(=O)Nc4cccc(C(C)=O)c4)c(=O)c3s2)CC1. The molecular formula is C22H24N6O4S. The van der Waals surface area contributed by atoms with Gasteiger partial charge in [-0.1, -0.05) is 23.5 Å². The Morgan fingerprint density at radius 3 is 2.67 bits per heavy atom. The molecule has 0 unspecified atom stereocenters. The Morgan fingerprint density at radius 2 is 1.97 bits per heavy atom. The van der Waals surface area contributed by atoms with Crippen molar-refractivity contribution in [2.45, 2.75) is 26.3 Å². The summed E-state index contributed by atoms with van der Waals surface area (Å²) in [6.45, 7) is 2.59. The summed E-state index contributed by atoms with van der Waals surface area (Å²) in [5.41, 5.74) is 0.982. The summed E-state index contributed by atoms with van der Waals surface area (Å²) in [7, 11) is 1.64. The first-order valence-corrected chi connectivity index (χ1v) is 11.4. The summed E-state index contributed by atoms with van der Waals surface area (Å²) in [6.07, 6.45) is 2.76. The van der Waals surface area contributed by atoms with Gasteiger partial charge in [0.05, 0.1) is 0 Å². The monoisotopic (exact) mass is 468 g/mol. The summed E-state index contributed by atoms with van der Waals surface area (Å²) < 4.78 is 1.62. The van der Waals surface area contributed by atoms with Crippen LogP contribution in [0.3, 0.4) is 0 Å². The molecule has 1 aromatic carbocycles. The van der Waals surface area contributed by atoms with Crippen LogP contribution in [-0.4, -0.2) is 52.3 Å². The van der Waals surface area contributed by atoms with Crippen molar-refractivity contribution >= 4 is 50.1 Å². The molecule has 1 aliphatic rings. The lowest BCUT2D eigenvalue weighted by atomic mass is 9.96. The van der Waals surface area contributed by atoms with E-state index in [1.165, 1.54) is 29.2 Å². The van der Waals surface area contributed by atoms with Crippen molar-refractivity contribution in [3.8, 4) is 0 Å². The molecule has 4 rings (SSSR count). The molecule has 10 nitrogen and oxygen atoms in total. The number of fused-ring (bicyclic) bond motifs is 1. The number of piperidine rings is 1. The number of ketones is 1. The molecule has 0 saturated carbocycles. The second-order valence-electron chi connectivity index (χ2n) is 7.89. The van der Waals surface area contributed by atoms with Crippen molar-refractivity contribution in [1.82, 2.24) is 19.9 Å². The second-order valence-corrected chi connectivity index (χ2v) is 8.87. The third kappa shape index (κ3) is 4.92. The summed E-state index contributed by atoms with van der Waals surface area (Å²) in [5, 5.41) is 6.08. The number of nitrogens with one attached hydrogen (secondary N) is 2. The number of hydrogen-bond donors (Lipinski definition) is 2. The van der Waals surface area contributed by atoms with E-state index in [0.717, 1.165) is 12.8 Å². The minimum atomic E-state index is -0.403. The van der Waals surface area contributed by atoms with Gasteiger partial charge in [-0.25, -0.2) is 4.98 Å². The number of Topliss-reactive ketones (excluding diaryl/α,β-unsaturated/α-hetero) is 1. The zero-order valence-electron chi connectivity index (χ0n) is 18.3. The Labute approximate surface area is 193 Å². The first kappa shape index (κ1) is 22.6. The molecule has 1 aliphatic heterocycles. The van der Waals surface area contributed by atoms with E-state index >= 15 is 0 Å². The van der Waals surface area contributed by atoms with Crippen molar-refractivity contribution in [3.05, 3.63) is 46.5 Å². The fraction of sp³-hybridized carbons (Fsp3) is 0.364. The Bertz CT molecular complexity index is 1280. The number of hydrogen-bond acceptors (Lipinski definition) is 8. The van der Waals surface area contributed by atoms with E-state index in [1.54, 1.807) is 31.3 Å². The lowest BCUT2D eigenvalue weighted by molar-refractivity contribution is -0.125. The molecule has 1 fully saturated rings. The largest absolute Gasteiger partial charge is 0.359 e. The van der Waals surface area contributed by atoms with Gasteiger partial charge in [0.2, 0.25) is 11.8 Å². The topological polar surface area (TPSA) is 126 Å². The number of anilines is 2. The maximum Gasteiger partial charge on any atom is 0.273 e. The number of rotatable bonds is 6. The standard InChI is InChI=1S/C22H24N6O4S/c1-13(29)15-4-3-5-16(10-15)25-17(30)11-28-12-24-19-18(21(28)32)33-22(26-19)27-8-6-14(7-9-27)20(31)23-2/h3-5,10,12,14H,6-9,11H2,1-2H3,(H,23,31)(H,25,30). The number of aromatic nitrogens is 3. The average Bonchev–Trinajstić information content (AvgIpc) is 3.26. The van der Waals surface area contributed by atoms with Gasteiger partial charge < -0.3 is 15.5 Å². The number of amides is 2. The van der Waals surface area contributed by atoms with Crippen LogP contribution in [0.25, 0.3) is 10.3 Å². The maximum absolute atomic E-state index is 12.9. The van der Waals surface area contributed by atoms with Crippen LogP contribution < -0.4 is 21.1 Å². The molecule has 0 spiro atoms. The zero-order valence-corrected chi connectivity index (χ0v) is 19.1. The summed E-state index contributed by atoms with van der Waals surface area (Å²) in [5.74, 6) is -0.462. The first-order valence-electron chi connectivity index (χ1n) is 10.6. The van der Waals surface area contributed by atoms with Crippen LogP contribution in [0.15, 0.2) is 35.4 Å². The zero-order chi connectivity index (χ0) is 23.5. The van der Waals surface area contributed by atoms with E-state index < -0.39 is 5.91 Å². The molecule has 0 bridgehead atoms. The summed E-state index contributed by atoms with van der Waals surface area (Å²) in [4.78, 5) is 59.6. The predicted octanol–water partition coefficient (Wildman–Crippen LogP) is 1.66. The van der Waals surface area contributed by atoms with Crippen molar-refractivity contribution in [2.24, 2.45) is 5.92 Å². The fourth-order valence-corrected chi connectivity index (χ4v) is 4.81. The number of benzene rings is 1. The Morgan fingerprint density at radius 1 is 1.21 bits per heavy atom. The maximum atomic E-state index is 12.9. The van der Waals surface area contributed by atoms with Crippen LogP contribution >= 0.6 is 11.3 Å². The van der Waals surface area contributed by atoms with E-state index in [9.17, 15) is 19.2 Å². The van der Waals surface area contributed by atoms with Crippen molar-refractivity contribution in [1.29, 1.82) is 0 Å². The van der Waals surface area contributed by atoms with Crippen molar-refractivity contribution in [3.63, 3.8) is 0 Å². The molecule has 2 N–H and O–H groups in total. The molecule has 172 valence electrons. The van der Waals surface area contributed by atoms with Crippen LogP contribution in [0.4, 0.5) is 10.8 Å². The van der Waals surface area contributed by atoms with E-state index in [0.29, 0.717) is 39.8 Å². The smallest absolute Gasteiger partial charge is 0.273 e. The molecule has 2 amide bonds. The highest BCUT2D eigenvalue weighted by molar-refractivity contribution is 7.22. The van der Waals surface area contributed by atoms with Crippen molar-refractivity contribution < 1.29 is 14.4 Å². The van der Waals surface area contributed by atoms with Crippen LogP contribution in [0.2, 0.25) is 0 Å². The highest BCUT2D eigenvalue weighted by Gasteiger charge is 2.26. The Hall–Kier alpha value is -3.60. The lowest BCUT2D eigenvalue weighted by Crippen LogP contribution is -2.39. The number of carbonyl (C=O) groups excluding carboxylic acids is 3. The van der Waals surface area contributed by atoms with Gasteiger partial charge in [0.15, 0.2) is 16.6 Å². The first-order chi connectivity index (χ1) is 15.9. The highest BCUT2D eigenvalue weighted by atomic mass is 32.1. The minimum Gasteiger partial charge on any atom is -0.359 e. The van der Waals surface area contributed by atoms with Gasteiger partial charge in [-0.05, 0) is 31.9 Å². The number of thiazole rings is 1. The van der Waals surface area contributed by atoms with Crippen LogP contribution in [-0.2, 0) is 16.1 Å². The van der Waals surface area contributed by atoms with Gasteiger partial charge in [0.25, 0.3) is 5.56 Å². The van der Waals surface area contributed by atoms with Gasteiger partial charge in [0.1, 0.15) is 17.6 Å². The molecule has 0 radical (unpaired) electrons. The van der Waals surface area contributed by atoms with Gasteiger partial charge in [-0.15, -0.1) is 0 Å². The molecule has 0 aliphatic carbocycles. The Kier molecular flexibility index (Phi) is 6.50. The molecule has 3 heterocycles. The van der Waals surface area contributed by atoms with Crippen LogP contribution in [0.5, 0.6) is 0 Å². The third-order valence-corrected chi connectivity index (χ3v) is 6.72. The number of carbonyl (C=O) groups is 3. The van der Waals surface area contributed by atoms with Gasteiger partial charge >= 0.3 is 0 Å². The third-order valence-electron chi connectivity index (χ3n) is 5.62. The lowest BCUT2D eigenvalue weighted by Gasteiger charge is -2.30. The van der Waals surface area contributed by atoms with Gasteiger partial charge in [-0.2, -0.15) is 4.98 Å². The van der Waals surface area contributed by atoms with Crippen LogP contribution in [0.1, 0.15) is 30.1 Å².